The third-order valence-electron chi connectivity index (χ3n) is 8.29. The zero-order valence-electron chi connectivity index (χ0n) is 26.6. The smallest absolute Gasteiger partial charge is 0.331 e. The summed E-state index contributed by atoms with van der Waals surface area (Å²) in [5.74, 6) is -5.46. The molecule has 0 aliphatic rings. The summed E-state index contributed by atoms with van der Waals surface area (Å²) in [4.78, 5) is 42.0. The van der Waals surface area contributed by atoms with Gasteiger partial charge in [0.2, 0.25) is 4.75 Å². The van der Waals surface area contributed by atoms with Crippen molar-refractivity contribution in [3.8, 4) is 0 Å². The molecule has 45 heavy (non-hydrogen) atoms. The van der Waals surface area contributed by atoms with E-state index in [1.54, 1.807) is 18.2 Å². The lowest BCUT2D eigenvalue weighted by molar-refractivity contribution is -0.155. The molecule has 250 valence electrons. The number of esters is 2. The molecule has 1 N–H and O–H groups in total. The van der Waals surface area contributed by atoms with E-state index in [9.17, 15) is 27.4 Å². The van der Waals surface area contributed by atoms with Gasteiger partial charge in [-0.1, -0.05) is 126 Å². The molecule has 0 heterocycles. The second-order valence-electron chi connectivity index (χ2n) is 11.5. The van der Waals surface area contributed by atoms with Gasteiger partial charge in [0.15, 0.2) is 5.78 Å². The zero-order valence-corrected chi connectivity index (χ0v) is 28.9. The predicted molar refractivity (Wildman–Crippen MR) is 177 cm³/mol. The molecule has 0 amide bonds. The standard InChI is InChI=1S/C34H46Cl2O8S/c1-5-9-14-24(7-3)22-43-30(37)21-34(45(40,41)42,33(39)44-23-25(8-4)15-10-6-2)31(28-19-18-27(35)20-29(28)36)32(38)26-16-12-11-13-17-26/h11-13,16-20,24-25,31H,5-10,14-15,21-23H2,1-4H3,(H,40,41,42). The van der Waals surface area contributed by atoms with Crippen LogP contribution in [0.3, 0.4) is 0 Å². The highest BCUT2D eigenvalue weighted by molar-refractivity contribution is 7.88. The molecular formula is C34H46Cl2O8S. The van der Waals surface area contributed by atoms with E-state index < -0.39 is 44.9 Å². The minimum absolute atomic E-state index is 0.0114. The molecule has 4 unspecified atom stereocenters. The van der Waals surface area contributed by atoms with Gasteiger partial charge in [-0.15, -0.1) is 0 Å². The van der Waals surface area contributed by atoms with Crippen LogP contribution in [0, 0.1) is 11.8 Å². The molecule has 0 aliphatic heterocycles. The summed E-state index contributed by atoms with van der Waals surface area (Å²) in [6.07, 6.45) is 5.31. The fourth-order valence-electron chi connectivity index (χ4n) is 5.33. The maximum Gasteiger partial charge on any atom is 0.331 e. The zero-order chi connectivity index (χ0) is 33.6. The minimum Gasteiger partial charge on any atom is -0.465 e. The van der Waals surface area contributed by atoms with Crippen LogP contribution < -0.4 is 0 Å². The summed E-state index contributed by atoms with van der Waals surface area (Å²) in [6, 6.07) is 11.6. The maximum absolute atomic E-state index is 14.3. The summed E-state index contributed by atoms with van der Waals surface area (Å²) < 4.78 is 46.2. The number of carbonyl (C=O) groups excluding carboxylic acids is 3. The number of benzene rings is 2. The Kier molecular flexibility index (Phi) is 16.0. The van der Waals surface area contributed by atoms with Crippen LogP contribution in [0.2, 0.25) is 10.0 Å². The van der Waals surface area contributed by atoms with E-state index in [-0.39, 0.29) is 46.2 Å². The summed E-state index contributed by atoms with van der Waals surface area (Å²) in [6.45, 7) is 7.75. The molecule has 2 aromatic carbocycles. The molecule has 2 aromatic rings. The van der Waals surface area contributed by atoms with Crippen molar-refractivity contribution in [2.24, 2.45) is 11.8 Å². The van der Waals surface area contributed by atoms with Gasteiger partial charge in [0.1, 0.15) is 0 Å². The van der Waals surface area contributed by atoms with Crippen molar-refractivity contribution in [3.63, 3.8) is 0 Å². The van der Waals surface area contributed by atoms with Crippen molar-refractivity contribution >= 4 is 51.0 Å². The molecule has 0 bridgehead atoms. The van der Waals surface area contributed by atoms with Gasteiger partial charge < -0.3 is 9.47 Å². The lowest BCUT2D eigenvalue weighted by Gasteiger charge is -2.35. The number of halogens is 2. The average molecular weight is 686 g/mol. The van der Waals surface area contributed by atoms with Crippen molar-refractivity contribution in [2.75, 3.05) is 13.2 Å². The van der Waals surface area contributed by atoms with E-state index in [0.717, 1.165) is 32.1 Å². The first-order valence-electron chi connectivity index (χ1n) is 15.7. The second kappa shape index (κ2) is 18.6. The first-order valence-corrected chi connectivity index (χ1v) is 17.9. The molecule has 0 aromatic heterocycles. The van der Waals surface area contributed by atoms with Gasteiger partial charge in [-0.3, -0.25) is 18.9 Å². The van der Waals surface area contributed by atoms with Gasteiger partial charge in [-0.05, 0) is 42.4 Å². The van der Waals surface area contributed by atoms with E-state index in [1.165, 1.54) is 30.3 Å². The monoisotopic (exact) mass is 684 g/mol. The quantitative estimate of drug-likeness (QED) is 0.0836. The van der Waals surface area contributed by atoms with Gasteiger partial charge in [0, 0.05) is 15.6 Å². The molecule has 0 aliphatic carbocycles. The number of ketones is 1. The predicted octanol–water partition coefficient (Wildman–Crippen LogP) is 8.50. The summed E-state index contributed by atoms with van der Waals surface area (Å²) in [5, 5.41) is 0.0551. The molecule has 11 heteroatoms. The molecule has 2 rings (SSSR count). The Bertz CT molecular complexity index is 1370. The van der Waals surface area contributed by atoms with Crippen LogP contribution in [0.15, 0.2) is 48.5 Å². The van der Waals surface area contributed by atoms with Gasteiger partial charge in [0.05, 0.1) is 25.6 Å². The highest BCUT2D eigenvalue weighted by Crippen LogP contribution is 2.44. The van der Waals surface area contributed by atoms with Gasteiger partial charge in [0.25, 0.3) is 10.1 Å². The van der Waals surface area contributed by atoms with E-state index in [2.05, 4.69) is 0 Å². The number of carbonyl (C=O) groups is 3. The fourth-order valence-corrected chi connectivity index (χ4v) is 6.95. The normalized spacial score (nSPS) is 15.0. The lowest BCUT2D eigenvalue weighted by Crippen LogP contribution is -2.56. The van der Waals surface area contributed by atoms with E-state index in [0.29, 0.717) is 19.3 Å². The van der Waals surface area contributed by atoms with E-state index >= 15 is 0 Å². The molecule has 8 nitrogen and oxygen atoms in total. The van der Waals surface area contributed by atoms with Crippen LogP contribution >= 0.6 is 23.2 Å². The van der Waals surface area contributed by atoms with Crippen LogP contribution in [0.4, 0.5) is 0 Å². The Balaban J connectivity index is 2.77. The Morgan fingerprint density at radius 2 is 1.40 bits per heavy atom. The Hall–Kier alpha value is -2.46. The molecule has 0 radical (unpaired) electrons. The van der Waals surface area contributed by atoms with Crippen molar-refractivity contribution in [2.45, 2.75) is 96.1 Å². The highest BCUT2D eigenvalue weighted by atomic mass is 35.5. The number of Topliss-reactive ketones (excluding diaryl/α,β-unsaturated/α-hetero) is 1. The molecule has 0 saturated carbocycles. The van der Waals surface area contributed by atoms with Gasteiger partial charge >= 0.3 is 11.9 Å². The third kappa shape index (κ3) is 10.5. The largest absolute Gasteiger partial charge is 0.465 e. The van der Waals surface area contributed by atoms with Gasteiger partial charge in [-0.25, -0.2) is 0 Å². The van der Waals surface area contributed by atoms with E-state index in [1.807, 2.05) is 27.7 Å². The Morgan fingerprint density at radius 3 is 1.89 bits per heavy atom. The maximum atomic E-state index is 14.3. The Morgan fingerprint density at radius 1 is 0.844 bits per heavy atom. The molecule has 4 atom stereocenters. The van der Waals surface area contributed by atoms with Crippen LogP contribution in [0.1, 0.15) is 107 Å². The number of hydrogen-bond donors (Lipinski definition) is 1. The first-order chi connectivity index (χ1) is 21.4. The summed E-state index contributed by atoms with van der Waals surface area (Å²) in [5.41, 5.74) is -0.0904. The molecule has 0 saturated heterocycles. The molecular weight excluding hydrogens is 639 g/mol. The minimum atomic E-state index is -5.57. The fraction of sp³-hybridized carbons (Fsp3) is 0.559. The molecule has 0 spiro atoms. The molecule has 0 fully saturated rings. The van der Waals surface area contributed by atoms with Crippen LogP contribution in [-0.4, -0.2) is 48.7 Å². The highest BCUT2D eigenvalue weighted by Gasteiger charge is 2.62. The van der Waals surface area contributed by atoms with E-state index in [4.69, 9.17) is 32.7 Å². The second-order valence-corrected chi connectivity index (χ2v) is 14.0. The van der Waals surface area contributed by atoms with Gasteiger partial charge in [-0.2, -0.15) is 8.42 Å². The lowest BCUT2D eigenvalue weighted by atomic mass is 9.77. The van der Waals surface area contributed by atoms with Crippen molar-refractivity contribution in [1.82, 2.24) is 0 Å². The summed E-state index contributed by atoms with van der Waals surface area (Å²) >= 11 is 12.7. The third-order valence-corrected chi connectivity index (χ3v) is 10.3. The topological polar surface area (TPSA) is 124 Å². The first kappa shape index (κ1) is 38.7. The number of rotatable bonds is 20. The van der Waals surface area contributed by atoms with Crippen molar-refractivity contribution in [3.05, 3.63) is 69.7 Å². The van der Waals surface area contributed by atoms with Crippen molar-refractivity contribution < 1.29 is 36.8 Å². The van der Waals surface area contributed by atoms with Crippen LogP contribution in [-0.2, 0) is 29.2 Å². The van der Waals surface area contributed by atoms with Crippen molar-refractivity contribution in [1.29, 1.82) is 0 Å². The average Bonchev–Trinajstić information content (AvgIpc) is 3.01. The number of hydrogen-bond acceptors (Lipinski definition) is 7. The summed E-state index contributed by atoms with van der Waals surface area (Å²) in [7, 11) is -5.57. The van der Waals surface area contributed by atoms with Crippen LogP contribution in [0.5, 0.6) is 0 Å². The number of unbranched alkanes of at least 4 members (excludes halogenated alkanes) is 2. The SMILES string of the molecule is CCCCC(CC)COC(=O)CC(C(=O)OCC(CC)CCCC)(C(C(=O)c1ccccc1)c1ccc(Cl)cc1Cl)S(=O)(=O)O. The Labute approximate surface area is 277 Å². The van der Waals surface area contributed by atoms with Crippen LogP contribution in [0.25, 0.3) is 0 Å². The number of ether oxygens (including phenoxy) is 2.